The van der Waals surface area contributed by atoms with E-state index in [0.717, 1.165) is 50.0 Å². The van der Waals surface area contributed by atoms with Crippen LogP contribution in [0.4, 0.5) is 0 Å². The van der Waals surface area contributed by atoms with Crippen LogP contribution < -0.4 is 0 Å². The summed E-state index contributed by atoms with van der Waals surface area (Å²) >= 11 is 0. The van der Waals surface area contributed by atoms with Crippen LogP contribution in [0, 0.1) is 0 Å². The molecule has 2 aromatic heterocycles. The van der Waals surface area contributed by atoms with Crippen LogP contribution in [0.25, 0.3) is 0 Å². The van der Waals surface area contributed by atoms with Gasteiger partial charge in [0.15, 0.2) is 11.6 Å². The average molecular weight is 315 g/mol. The highest BCUT2D eigenvalue weighted by molar-refractivity contribution is 5.05. The van der Waals surface area contributed by atoms with Gasteiger partial charge in [-0.3, -0.25) is 4.90 Å². The molecule has 3 aliphatic rings. The molecule has 5 rings (SSSR count). The molecule has 3 fully saturated rings. The van der Waals surface area contributed by atoms with E-state index in [-0.39, 0.29) is 0 Å². The van der Waals surface area contributed by atoms with Gasteiger partial charge in [0.2, 0.25) is 5.89 Å². The summed E-state index contributed by atoms with van der Waals surface area (Å²) in [4.78, 5) is 7.06. The number of rotatable bonds is 5. The summed E-state index contributed by atoms with van der Waals surface area (Å²) in [5.74, 6) is 3.61. The molecule has 0 N–H and O–H groups in total. The summed E-state index contributed by atoms with van der Waals surface area (Å²) < 4.78 is 7.43. The Bertz CT molecular complexity index is 688. The van der Waals surface area contributed by atoms with Crippen LogP contribution in [0.3, 0.4) is 0 Å². The van der Waals surface area contributed by atoms with Gasteiger partial charge < -0.3 is 4.52 Å². The first-order valence-electron chi connectivity index (χ1n) is 8.69. The van der Waals surface area contributed by atoms with E-state index in [2.05, 4.69) is 30.6 Å². The fourth-order valence-electron chi connectivity index (χ4n) is 3.44. The van der Waals surface area contributed by atoms with Crippen LogP contribution in [-0.4, -0.2) is 48.3 Å². The molecule has 122 valence electrons. The number of hydrogen-bond donors (Lipinski definition) is 0. The molecule has 3 heterocycles. The number of piperidine rings is 1. The zero-order chi connectivity index (χ0) is 15.2. The van der Waals surface area contributed by atoms with Crippen LogP contribution >= 0.6 is 0 Å². The molecule has 1 saturated heterocycles. The summed E-state index contributed by atoms with van der Waals surface area (Å²) in [6.45, 7) is 2.86. The second kappa shape index (κ2) is 5.36. The molecule has 0 radical (unpaired) electrons. The van der Waals surface area contributed by atoms with Crippen LogP contribution in [0.5, 0.6) is 0 Å². The van der Waals surface area contributed by atoms with Crippen molar-refractivity contribution < 1.29 is 4.52 Å². The van der Waals surface area contributed by atoms with Crippen molar-refractivity contribution in [1.82, 2.24) is 35.2 Å². The predicted molar refractivity (Wildman–Crippen MR) is 79.6 cm³/mol. The van der Waals surface area contributed by atoms with Gasteiger partial charge in [-0.05, 0) is 55.5 Å². The van der Waals surface area contributed by atoms with Gasteiger partial charge in [0.05, 0.1) is 12.6 Å². The molecule has 1 unspecified atom stereocenters. The fourth-order valence-corrected chi connectivity index (χ4v) is 3.44. The Morgan fingerprint density at radius 2 is 2.00 bits per heavy atom. The average Bonchev–Trinajstić information content (AvgIpc) is 3.51. The highest BCUT2D eigenvalue weighted by Gasteiger charge is 2.33. The van der Waals surface area contributed by atoms with Crippen molar-refractivity contribution in [3.63, 3.8) is 0 Å². The summed E-state index contributed by atoms with van der Waals surface area (Å²) in [5, 5.41) is 16.4. The number of nitrogens with zero attached hydrogens (tertiary/aromatic N) is 7. The van der Waals surface area contributed by atoms with E-state index in [1.807, 2.05) is 4.68 Å². The standard InChI is InChI=1S/C15H21N7O/c1-2-11(14-16-15(23-18-14)10-3-4-10)8-21(7-1)9-13-17-19-20-22(13)12-5-6-12/h10-12H,1-9H2. The smallest absolute Gasteiger partial charge is 0.229 e. The van der Waals surface area contributed by atoms with Crippen molar-refractivity contribution in [3.8, 4) is 0 Å². The third-order valence-electron chi connectivity index (χ3n) is 5.07. The summed E-state index contributed by atoms with van der Waals surface area (Å²) in [5.41, 5.74) is 0. The lowest BCUT2D eigenvalue weighted by atomic mass is 9.97. The maximum atomic E-state index is 5.43. The van der Waals surface area contributed by atoms with E-state index in [1.54, 1.807) is 0 Å². The molecule has 0 amide bonds. The zero-order valence-electron chi connectivity index (χ0n) is 13.1. The summed E-state index contributed by atoms with van der Waals surface area (Å²) in [6.07, 6.45) is 7.09. The van der Waals surface area contributed by atoms with Crippen LogP contribution in [0.2, 0.25) is 0 Å². The molecule has 2 saturated carbocycles. The Morgan fingerprint density at radius 1 is 1.09 bits per heavy atom. The minimum atomic E-state index is 0.366. The SMILES string of the molecule is C1CC(c2noc(C3CC3)n2)CN(Cc2nnnn2C2CC2)C1. The van der Waals surface area contributed by atoms with E-state index < -0.39 is 0 Å². The molecular weight excluding hydrogens is 294 g/mol. The van der Waals surface area contributed by atoms with Gasteiger partial charge in [-0.1, -0.05) is 5.16 Å². The maximum Gasteiger partial charge on any atom is 0.229 e. The molecule has 0 aromatic carbocycles. The fraction of sp³-hybridized carbons (Fsp3) is 0.800. The largest absolute Gasteiger partial charge is 0.339 e. The predicted octanol–water partition coefficient (Wildman–Crippen LogP) is 1.65. The summed E-state index contributed by atoms with van der Waals surface area (Å²) in [7, 11) is 0. The van der Waals surface area contributed by atoms with E-state index in [4.69, 9.17) is 4.52 Å². The number of hydrogen-bond acceptors (Lipinski definition) is 7. The van der Waals surface area contributed by atoms with Gasteiger partial charge >= 0.3 is 0 Å². The van der Waals surface area contributed by atoms with Gasteiger partial charge in [0, 0.05) is 18.4 Å². The van der Waals surface area contributed by atoms with Gasteiger partial charge in [-0.2, -0.15) is 4.98 Å². The van der Waals surface area contributed by atoms with Crippen molar-refractivity contribution in [2.75, 3.05) is 13.1 Å². The molecule has 2 aromatic rings. The van der Waals surface area contributed by atoms with Crippen molar-refractivity contribution >= 4 is 0 Å². The Kier molecular flexibility index (Phi) is 3.17. The highest BCUT2D eigenvalue weighted by atomic mass is 16.5. The molecule has 8 heteroatoms. The third-order valence-corrected chi connectivity index (χ3v) is 5.07. The molecule has 1 atom stereocenters. The summed E-state index contributed by atoms with van der Waals surface area (Å²) in [6, 6.07) is 0.527. The molecular formula is C15H21N7O. The second-order valence-electron chi connectivity index (χ2n) is 7.11. The van der Waals surface area contributed by atoms with Crippen molar-refractivity contribution in [2.24, 2.45) is 0 Å². The van der Waals surface area contributed by atoms with Gasteiger partial charge in [-0.15, -0.1) is 5.10 Å². The van der Waals surface area contributed by atoms with Crippen molar-refractivity contribution in [2.45, 2.75) is 62.9 Å². The van der Waals surface area contributed by atoms with Crippen LogP contribution in [-0.2, 0) is 6.54 Å². The minimum absolute atomic E-state index is 0.366. The topological polar surface area (TPSA) is 85.8 Å². The number of likely N-dealkylation sites (tertiary alicyclic amines) is 1. The highest BCUT2D eigenvalue weighted by Crippen LogP contribution is 2.39. The first kappa shape index (κ1) is 13.6. The van der Waals surface area contributed by atoms with Crippen molar-refractivity contribution in [1.29, 1.82) is 0 Å². The lowest BCUT2D eigenvalue weighted by molar-refractivity contribution is 0.187. The van der Waals surface area contributed by atoms with E-state index in [9.17, 15) is 0 Å². The second-order valence-corrected chi connectivity index (χ2v) is 7.11. The number of aromatic nitrogens is 6. The lowest BCUT2D eigenvalue weighted by Crippen LogP contribution is -2.35. The van der Waals surface area contributed by atoms with Gasteiger partial charge in [0.1, 0.15) is 0 Å². The van der Waals surface area contributed by atoms with E-state index >= 15 is 0 Å². The van der Waals surface area contributed by atoms with Gasteiger partial charge in [-0.25, -0.2) is 4.68 Å². The molecule has 0 bridgehead atoms. The molecule has 23 heavy (non-hydrogen) atoms. The Labute approximate surface area is 134 Å². The first-order chi connectivity index (χ1) is 11.4. The Balaban J connectivity index is 1.27. The quantitative estimate of drug-likeness (QED) is 0.829. The molecule has 2 aliphatic carbocycles. The van der Waals surface area contributed by atoms with E-state index in [0.29, 0.717) is 17.9 Å². The minimum Gasteiger partial charge on any atom is -0.339 e. The number of tetrazole rings is 1. The van der Waals surface area contributed by atoms with E-state index in [1.165, 1.54) is 25.7 Å². The Morgan fingerprint density at radius 3 is 2.83 bits per heavy atom. The van der Waals surface area contributed by atoms with Crippen molar-refractivity contribution in [3.05, 3.63) is 17.5 Å². The Hall–Kier alpha value is -1.83. The molecule has 0 spiro atoms. The monoisotopic (exact) mass is 315 g/mol. The first-order valence-corrected chi connectivity index (χ1v) is 8.69. The maximum absolute atomic E-state index is 5.43. The third kappa shape index (κ3) is 2.75. The lowest BCUT2D eigenvalue weighted by Gasteiger charge is -2.30. The van der Waals surface area contributed by atoms with Crippen LogP contribution in [0.15, 0.2) is 4.52 Å². The zero-order valence-corrected chi connectivity index (χ0v) is 13.1. The van der Waals surface area contributed by atoms with Gasteiger partial charge in [0.25, 0.3) is 0 Å². The normalized spacial score (nSPS) is 25.8. The van der Waals surface area contributed by atoms with Crippen LogP contribution in [0.1, 0.15) is 73.9 Å². The molecule has 1 aliphatic heterocycles. The molecule has 8 nitrogen and oxygen atoms in total.